The minimum atomic E-state index is -0.964. The third-order valence-electron chi connectivity index (χ3n) is 3.05. The number of carbonyl (C=O) groups is 5. The normalized spacial score (nSPS) is 11.9. The Hall–Kier alpha value is -2.45. The van der Waals surface area contributed by atoms with Gasteiger partial charge in [0.15, 0.2) is 5.78 Å². The van der Waals surface area contributed by atoms with Crippen LogP contribution in [0.4, 0.5) is 0 Å². The number of amides is 2. The Labute approximate surface area is 153 Å². The Balaban J connectivity index is 4.50. The van der Waals surface area contributed by atoms with Crippen molar-refractivity contribution in [3.05, 3.63) is 0 Å². The van der Waals surface area contributed by atoms with Gasteiger partial charge in [-0.15, -0.1) is 0 Å². The summed E-state index contributed by atoms with van der Waals surface area (Å²) in [5.74, 6) is -2.38. The number of rotatable bonds is 10. The fourth-order valence-electron chi connectivity index (χ4n) is 1.91. The fourth-order valence-corrected chi connectivity index (χ4v) is 1.91. The van der Waals surface area contributed by atoms with Crippen LogP contribution in [0.1, 0.15) is 53.4 Å². The summed E-state index contributed by atoms with van der Waals surface area (Å²) in [6.45, 7) is 6.14. The number of ketones is 1. The number of hydrogen-bond acceptors (Lipinski definition) is 7. The van der Waals surface area contributed by atoms with Crippen molar-refractivity contribution in [3.8, 4) is 0 Å². The molecule has 9 heteroatoms. The molecular formula is C17H28N2O7. The zero-order valence-corrected chi connectivity index (χ0v) is 16.0. The minimum absolute atomic E-state index is 0.0384. The molecule has 0 rings (SSSR count). The molecule has 0 aromatic heterocycles. The van der Waals surface area contributed by atoms with E-state index in [1.165, 1.54) is 14.0 Å². The predicted octanol–water partition coefficient (Wildman–Crippen LogP) is 0.252. The van der Waals surface area contributed by atoms with E-state index in [-0.39, 0.29) is 38.0 Å². The first-order valence-corrected chi connectivity index (χ1v) is 8.29. The maximum Gasteiger partial charge on any atom is 0.306 e. The fraction of sp³-hybridized carbons (Fsp3) is 0.706. The largest absolute Gasteiger partial charge is 0.469 e. The lowest BCUT2D eigenvalue weighted by Gasteiger charge is -2.21. The van der Waals surface area contributed by atoms with Gasteiger partial charge in [-0.2, -0.15) is 0 Å². The van der Waals surface area contributed by atoms with Crippen molar-refractivity contribution in [2.75, 3.05) is 13.7 Å². The number of esters is 2. The van der Waals surface area contributed by atoms with Crippen LogP contribution in [0, 0.1) is 0 Å². The third-order valence-corrected chi connectivity index (χ3v) is 3.05. The Bertz CT molecular complexity index is 538. The molecule has 148 valence electrons. The molecule has 0 unspecified atom stereocenters. The summed E-state index contributed by atoms with van der Waals surface area (Å²) >= 11 is 0. The van der Waals surface area contributed by atoms with Gasteiger partial charge in [0.05, 0.1) is 20.1 Å². The molecule has 0 spiro atoms. The zero-order valence-electron chi connectivity index (χ0n) is 16.0. The molecule has 0 radical (unpaired) electrons. The molecule has 0 bridgehead atoms. The van der Waals surface area contributed by atoms with Crippen molar-refractivity contribution >= 4 is 29.5 Å². The van der Waals surface area contributed by atoms with E-state index in [1.54, 1.807) is 20.8 Å². The Morgan fingerprint density at radius 3 is 2.08 bits per heavy atom. The smallest absolute Gasteiger partial charge is 0.306 e. The summed E-state index contributed by atoms with van der Waals surface area (Å²) in [7, 11) is 1.22. The van der Waals surface area contributed by atoms with E-state index in [0.29, 0.717) is 0 Å². The minimum Gasteiger partial charge on any atom is -0.469 e. The van der Waals surface area contributed by atoms with Gasteiger partial charge in [0.2, 0.25) is 11.8 Å². The Kier molecular flexibility index (Phi) is 10.2. The lowest BCUT2D eigenvalue weighted by atomic mass is 10.1. The molecule has 0 fully saturated rings. The van der Waals surface area contributed by atoms with Gasteiger partial charge in [0, 0.05) is 19.8 Å². The van der Waals surface area contributed by atoms with Crippen molar-refractivity contribution in [2.24, 2.45) is 0 Å². The molecule has 9 nitrogen and oxygen atoms in total. The van der Waals surface area contributed by atoms with Crippen LogP contribution in [0.5, 0.6) is 0 Å². The highest BCUT2D eigenvalue weighted by molar-refractivity contribution is 5.91. The molecule has 0 heterocycles. The molecule has 26 heavy (non-hydrogen) atoms. The Morgan fingerprint density at radius 2 is 1.58 bits per heavy atom. The van der Waals surface area contributed by atoms with Gasteiger partial charge in [-0.3, -0.25) is 24.0 Å². The highest BCUT2D eigenvalue weighted by atomic mass is 16.6. The number of nitrogens with one attached hydrogen (secondary N) is 2. The molecule has 2 amide bonds. The average Bonchev–Trinajstić information content (AvgIpc) is 2.52. The van der Waals surface area contributed by atoms with Crippen molar-refractivity contribution in [1.82, 2.24) is 10.6 Å². The van der Waals surface area contributed by atoms with Crippen LogP contribution in [0.25, 0.3) is 0 Å². The maximum absolute atomic E-state index is 12.2. The van der Waals surface area contributed by atoms with Crippen molar-refractivity contribution in [3.63, 3.8) is 0 Å². The van der Waals surface area contributed by atoms with E-state index in [2.05, 4.69) is 15.4 Å². The van der Waals surface area contributed by atoms with Crippen LogP contribution in [0.3, 0.4) is 0 Å². The number of Topliss-reactive ketones (excluding diaryl/α,β-unsaturated/α-hetero) is 1. The highest BCUT2D eigenvalue weighted by Crippen LogP contribution is 2.10. The molecular weight excluding hydrogens is 344 g/mol. The first kappa shape index (κ1) is 23.5. The lowest BCUT2D eigenvalue weighted by molar-refractivity contribution is -0.155. The average molecular weight is 372 g/mol. The highest BCUT2D eigenvalue weighted by Gasteiger charge is 2.23. The van der Waals surface area contributed by atoms with Gasteiger partial charge < -0.3 is 20.1 Å². The quantitative estimate of drug-likeness (QED) is 0.526. The Morgan fingerprint density at radius 1 is 0.962 bits per heavy atom. The van der Waals surface area contributed by atoms with Crippen LogP contribution in [-0.2, 0) is 33.4 Å². The SMILES string of the molecule is COC(=O)CCC(=O)CNC(=O)[C@H](CCC(=O)OC(C)(C)C)NC(C)=O. The zero-order chi connectivity index (χ0) is 20.3. The van der Waals surface area contributed by atoms with Crippen LogP contribution < -0.4 is 10.6 Å². The van der Waals surface area contributed by atoms with E-state index in [4.69, 9.17) is 4.74 Å². The monoisotopic (exact) mass is 372 g/mol. The number of methoxy groups -OCH3 is 1. The summed E-state index contributed by atoms with van der Waals surface area (Å²) < 4.78 is 9.58. The predicted molar refractivity (Wildman–Crippen MR) is 92.0 cm³/mol. The van der Waals surface area contributed by atoms with E-state index >= 15 is 0 Å². The standard InChI is InChI=1S/C17H28N2O7/c1-11(20)19-13(7-9-15(23)26-17(2,3)4)16(24)18-10-12(21)6-8-14(22)25-5/h13H,6-10H2,1-5H3,(H,18,24)(H,19,20)/t13-/m0/s1. The van der Waals surface area contributed by atoms with E-state index < -0.39 is 35.4 Å². The number of carbonyl (C=O) groups excluding carboxylic acids is 5. The summed E-state index contributed by atoms with van der Waals surface area (Å²) in [5, 5.41) is 4.83. The number of ether oxygens (including phenoxy) is 2. The van der Waals surface area contributed by atoms with Gasteiger partial charge in [-0.1, -0.05) is 0 Å². The summed E-state index contributed by atoms with van der Waals surface area (Å²) in [6.07, 6.45) is -0.156. The molecule has 0 saturated carbocycles. The lowest BCUT2D eigenvalue weighted by Crippen LogP contribution is -2.47. The van der Waals surface area contributed by atoms with Crippen molar-refractivity contribution in [1.29, 1.82) is 0 Å². The van der Waals surface area contributed by atoms with Crippen LogP contribution >= 0.6 is 0 Å². The maximum atomic E-state index is 12.2. The molecule has 0 aliphatic carbocycles. The first-order chi connectivity index (χ1) is 11.9. The van der Waals surface area contributed by atoms with E-state index in [1.807, 2.05) is 0 Å². The summed E-state index contributed by atoms with van der Waals surface area (Å²) in [4.78, 5) is 57.8. The van der Waals surface area contributed by atoms with Gasteiger partial charge in [0.25, 0.3) is 0 Å². The van der Waals surface area contributed by atoms with Crippen LogP contribution in [0.2, 0.25) is 0 Å². The second kappa shape index (κ2) is 11.2. The summed E-state index contributed by atoms with van der Waals surface area (Å²) in [5.41, 5.74) is -0.644. The van der Waals surface area contributed by atoms with Crippen molar-refractivity contribution < 1.29 is 33.4 Å². The molecule has 0 aliphatic heterocycles. The molecule has 0 aromatic rings. The molecule has 1 atom stereocenters. The topological polar surface area (TPSA) is 128 Å². The molecule has 0 aromatic carbocycles. The molecule has 0 aliphatic rings. The second-order valence-corrected chi connectivity index (χ2v) is 6.71. The van der Waals surface area contributed by atoms with E-state index in [9.17, 15) is 24.0 Å². The molecule has 0 saturated heterocycles. The van der Waals surface area contributed by atoms with Crippen molar-refractivity contribution in [2.45, 2.75) is 65.0 Å². The molecule has 2 N–H and O–H groups in total. The van der Waals surface area contributed by atoms with Gasteiger partial charge in [-0.25, -0.2) is 0 Å². The number of hydrogen-bond donors (Lipinski definition) is 2. The first-order valence-electron chi connectivity index (χ1n) is 8.29. The van der Waals surface area contributed by atoms with Crippen LogP contribution in [-0.4, -0.2) is 54.8 Å². The second-order valence-electron chi connectivity index (χ2n) is 6.71. The third kappa shape index (κ3) is 12.0. The van der Waals surface area contributed by atoms with Gasteiger partial charge >= 0.3 is 11.9 Å². The van der Waals surface area contributed by atoms with Gasteiger partial charge in [0.1, 0.15) is 11.6 Å². The van der Waals surface area contributed by atoms with E-state index in [0.717, 1.165) is 0 Å². The summed E-state index contributed by atoms with van der Waals surface area (Å²) in [6, 6.07) is -0.964. The van der Waals surface area contributed by atoms with Gasteiger partial charge in [-0.05, 0) is 27.2 Å². The van der Waals surface area contributed by atoms with Crippen LogP contribution in [0.15, 0.2) is 0 Å².